The second-order valence-corrected chi connectivity index (χ2v) is 7.76. The molecule has 1 amide bonds. The van der Waals surface area contributed by atoms with Crippen molar-refractivity contribution >= 4 is 5.91 Å². The first-order valence-corrected chi connectivity index (χ1v) is 10.4. The highest BCUT2D eigenvalue weighted by molar-refractivity contribution is 5.99. The van der Waals surface area contributed by atoms with Crippen molar-refractivity contribution in [2.45, 2.75) is 25.1 Å². The molecule has 8 heteroatoms. The molecular weight excluding hydrogens is 428 g/mol. The lowest BCUT2D eigenvalue weighted by atomic mass is 9.94. The number of halogens is 2. The predicted molar refractivity (Wildman–Crippen MR) is 115 cm³/mol. The number of alkyl halides is 2. The SMILES string of the molecule is O=C1c2cc(-c3nnc(C(F)F)o3)ccc2CN1C(c1ccccc1)C(O)c1ccccc1. The molecule has 0 fully saturated rings. The third-order valence-electron chi connectivity index (χ3n) is 5.73. The van der Waals surface area contributed by atoms with Crippen molar-refractivity contribution in [1.82, 2.24) is 15.1 Å². The van der Waals surface area contributed by atoms with Gasteiger partial charge in [-0.2, -0.15) is 8.78 Å². The van der Waals surface area contributed by atoms with Crippen LogP contribution >= 0.6 is 0 Å². The van der Waals surface area contributed by atoms with E-state index in [4.69, 9.17) is 4.42 Å². The average Bonchev–Trinajstić information content (AvgIpc) is 3.46. The average molecular weight is 447 g/mol. The third-order valence-corrected chi connectivity index (χ3v) is 5.73. The van der Waals surface area contributed by atoms with Crippen LogP contribution in [0.5, 0.6) is 0 Å². The molecule has 1 N–H and O–H groups in total. The van der Waals surface area contributed by atoms with E-state index in [9.17, 15) is 18.7 Å². The number of carbonyl (C=O) groups is 1. The Balaban J connectivity index is 1.50. The lowest BCUT2D eigenvalue weighted by Gasteiger charge is -2.32. The number of carbonyl (C=O) groups excluding carboxylic acids is 1. The number of hydrogen-bond acceptors (Lipinski definition) is 5. The van der Waals surface area contributed by atoms with Crippen LogP contribution in [0.15, 0.2) is 83.3 Å². The number of amides is 1. The van der Waals surface area contributed by atoms with Gasteiger partial charge in [-0.3, -0.25) is 4.79 Å². The fourth-order valence-corrected chi connectivity index (χ4v) is 4.14. The van der Waals surface area contributed by atoms with E-state index in [0.29, 0.717) is 23.2 Å². The van der Waals surface area contributed by atoms with Gasteiger partial charge < -0.3 is 14.4 Å². The number of rotatable bonds is 6. The molecule has 0 saturated heterocycles. The van der Waals surface area contributed by atoms with Crippen molar-refractivity contribution in [3.63, 3.8) is 0 Å². The first kappa shape index (κ1) is 21.0. The lowest BCUT2D eigenvalue weighted by molar-refractivity contribution is 0.0360. The summed E-state index contributed by atoms with van der Waals surface area (Å²) in [4.78, 5) is 15.1. The topological polar surface area (TPSA) is 79.5 Å². The predicted octanol–water partition coefficient (Wildman–Crippen LogP) is 5.10. The number of aliphatic hydroxyl groups is 1. The zero-order valence-electron chi connectivity index (χ0n) is 17.3. The molecule has 1 aromatic heterocycles. The van der Waals surface area contributed by atoms with Gasteiger partial charge in [-0.05, 0) is 28.8 Å². The van der Waals surface area contributed by atoms with Gasteiger partial charge in [0.25, 0.3) is 11.8 Å². The molecule has 1 aliphatic rings. The summed E-state index contributed by atoms with van der Waals surface area (Å²) in [5.74, 6) is -1.12. The first-order chi connectivity index (χ1) is 16.0. The van der Waals surface area contributed by atoms with E-state index < -0.39 is 24.5 Å². The van der Waals surface area contributed by atoms with Crippen molar-refractivity contribution in [2.75, 3.05) is 0 Å². The molecule has 5 rings (SSSR count). The molecule has 0 radical (unpaired) electrons. The van der Waals surface area contributed by atoms with E-state index in [0.717, 1.165) is 11.1 Å². The highest BCUT2D eigenvalue weighted by Crippen LogP contribution is 2.40. The van der Waals surface area contributed by atoms with Gasteiger partial charge in [-0.15, -0.1) is 10.2 Å². The van der Waals surface area contributed by atoms with Crippen molar-refractivity contribution in [1.29, 1.82) is 0 Å². The van der Waals surface area contributed by atoms with Crippen molar-refractivity contribution < 1.29 is 23.1 Å². The molecule has 1 aliphatic heterocycles. The minimum absolute atomic E-state index is 0.0803. The zero-order chi connectivity index (χ0) is 22.9. The first-order valence-electron chi connectivity index (χ1n) is 10.4. The minimum Gasteiger partial charge on any atom is -0.415 e. The van der Waals surface area contributed by atoms with Crippen LogP contribution < -0.4 is 0 Å². The Hall–Kier alpha value is -3.91. The summed E-state index contributed by atoms with van der Waals surface area (Å²) in [6.07, 6.45) is -3.82. The van der Waals surface area contributed by atoms with E-state index in [1.165, 1.54) is 0 Å². The zero-order valence-corrected chi connectivity index (χ0v) is 17.3. The molecule has 166 valence electrons. The smallest absolute Gasteiger partial charge is 0.314 e. The normalized spacial score (nSPS) is 15.0. The maximum absolute atomic E-state index is 13.5. The molecule has 2 unspecified atom stereocenters. The standard InChI is InChI=1S/C25H19F2N3O3/c26-22(27)24-29-28-23(33-24)17-11-12-18-14-30(25(32)19(18)13-17)20(15-7-3-1-4-8-15)21(31)16-9-5-2-6-10-16/h1-13,20-22,31H,14H2. The summed E-state index contributed by atoms with van der Waals surface area (Å²) in [6.45, 7) is 0.296. The van der Waals surface area contributed by atoms with Crippen LogP contribution in [0, 0.1) is 0 Å². The number of aromatic nitrogens is 2. The summed E-state index contributed by atoms with van der Waals surface area (Å²) in [5, 5.41) is 18.3. The van der Waals surface area contributed by atoms with E-state index in [1.54, 1.807) is 23.1 Å². The van der Waals surface area contributed by atoms with Crippen LogP contribution in [0.3, 0.4) is 0 Å². The number of fused-ring (bicyclic) bond motifs is 1. The summed E-state index contributed by atoms with van der Waals surface area (Å²) < 4.78 is 30.7. The van der Waals surface area contributed by atoms with Gasteiger partial charge in [0.15, 0.2) is 0 Å². The molecule has 2 heterocycles. The van der Waals surface area contributed by atoms with Gasteiger partial charge in [-0.1, -0.05) is 66.7 Å². The Morgan fingerprint density at radius 3 is 2.21 bits per heavy atom. The second kappa shape index (κ2) is 8.55. The van der Waals surface area contributed by atoms with Gasteiger partial charge in [0.2, 0.25) is 5.89 Å². The maximum atomic E-state index is 13.5. The molecule has 2 atom stereocenters. The molecule has 6 nitrogen and oxygen atoms in total. The Bertz CT molecular complexity index is 1280. The molecule has 0 saturated carbocycles. The fraction of sp³-hybridized carbons (Fsp3) is 0.160. The van der Waals surface area contributed by atoms with Gasteiger partial charge in [0.05, 0.1) is 6.04 Å². The lowest BCUT2D eigenvalue weighted by Crippen LogP contribution is -2.33. The van der Waals surface area contributed by atoms with Gasteiger partial charge >= 0.3 is 6.43 Å². The van der Waals surface area contributed by atoms with Crippen LogP contribution in [0.1, 0.15) is 51.5 Å². The highest BCUT2D eigenvalue weighted by atomic mass is 19.3. The van der Waals surface area contributed by atoms with Crippen LogP contribution in [0.4, 0.5) is 8.78 Å². The summed E-state index contributed by atoms with van der Waals surface area (Å²) in [6, 6.07) is 22.9. The third kappa shape index (κ3) is 3.89. The minimum atomic E-state index is -2.87. The Kier molecular flexibility index (Phi) is 5.43. The molecule has 0 spiro atoms. The summed E-state index contributed by atoms with van der Waals surface area (Å²) >= 11 is 0. The summed E-state index contributed by atoms with van der Waals surface area (Å²) in [5.41, 5.74) is 3.04. The van der Waals surface area contributed by atoms with Crippen molar-refractivity contribution in [2.24, 2.45) is 0 Å². The number of nitrogens with zero attached hydrogens (tertiary/aromatic N) is 3. The number of benzene rings is 3. The molecule has 0 bridgehead atoms. The van der Waals surface area contributed by atoms with Gasteiger partial charge in [0.1, 0.15) is 6.10 Å². The molecule has 33 heavy (non-hydrogen) atoms. The van der Waals surface area contributed by atoms with E-state index in [1.807, 2.05) is 60.7 Å². The Morgan fingerprint density at radius 2 is 1.58 bits per heavy atom. The van der Waals surface area contributed by atoms with E-state index >= 15 is 0 Å². The van der Waals surface area contributed by atoms with Crippen LogP contribution in [-0.2, 0) is 6.54 Å². The quantitative estimate of drug-likeness (QED) is 0.445. The summed E-state index contributed by atoms with van der Waals surface area (Å²) in [7, 11) is 0. The van der Waals surface area contributed by atoms with E-state index in [-0.39, 0.29) is 11.8 Å². The molecule has 3 aromatic carbocycles. The fourth-order valence-electron chi connectivity index (χ4n) is 4.14. The highest BCUT2D eigenvalue weighted by Gasteiger charge is 2.38. The molecule has 0 aliphatic carbocycles. The van der Waals surface area contributed by atoms with Crippen molar-refractivity contribution in [3.8, 4) is 11.5 Å². The largest absolute Gasteiger partial charge is 0.415 e. The number of aliphatic hydroxyl groups excluding tert-OH is 1. The van der Waals surface area contributed by atoms with Crippen LogP contribution in [0.25, 0.3) is 11.5 Å². The molecular formula is C25H19F2N3O3. The Labute approximate surface area is 188 Å². The Morgan fingerprint density at radius 1 is 0.909 bits per heavy atom. The number of hydrogen-bond donors (Lipinski definition) is 1. The molecule has 4 aromatic rings. The van der Waals surface area contributed by atoms with Gasteiger partial charge in [-0.25, -0.2) is 0 Å². The van der Waals surface area contributed by atoms with Gasteiger partial charge in [0, 0.05) is 17.7 Å². The monoisotopic (exact) mass is 447 g/mol. The van der Waals surface area contributed by atoms with Crippen LogP contribution in [0.2, 0.25) is 0 Å². The maximum Gasteiger partial charge on any atom is 0.314 e. The van der Waals surface area contributed by atoms with Crippen LogP contribution in [-0.4, -0.2) is 26.1 Å². The second-order valence-electron chi connectivity index (χ2n) is 7.76. The van der Waals surface area contributed by atoms with Crippen molar-refractivity contribution in [3.05, 3.63) is 107 Å². The van der Waals surface area contributed by atoms with E-state index in [2.05, 4.69) is 10.2 Å².